The lowest BCUT2D eigenvalue weighted by atomic mass is 9.98. The summed E-state index contributed by atoms with van der Waals surface area (Å²) in [7, 11) is 6.53. The Labute approximate surface area is 221 Å². The van der Waals surface area contributed by atoms with Gasteiger partial charge in [0.15, 0.2) is 0 Å². The number of carbonyl (C=O) groups excluding carboxylic acids is 1. The van der Waals surface area contributed by atoms with E-state index in [-0.39, 0.29) is 12.1 Å². The van der Waals surface area contributed by atoms with E-state index in [4.69, 9.17) is 4.74 Å². The zero-order valence-corrected chi connectivity index (χ0v) is 24.2. The Hall–Kier alpha value is -0.930. The summed E-state index contributed by atoms with van der Waals surface area (Å²) in [6.45, 7) is 15.5. The number of carbonyl (C=O) groups is 1. The summed E-state index contributed by atoms with van der Waals surface area (Å²) < 4.78 is 5.33. The quantitative estimate of drug-likeness (QED) is 0.605. The molecule has 4 fully saturated rings. The molecular formula is C28H56N6O2. The van der Waals surface area contributed by atoms with Crippen molar-refractivity contribution in [3.63, 3.8) is 0 Å². The SMILES string of the molecule is CN1CCC(N2CCC(NC(=O)OC(C)(C)C)CC2)CC1.CNC1CCN(C2CCN(C)CC2)CC1. The van der Waals surface area contributed by atoms with Gasteiger partial charge in [-0.2, -0.15) is 0 Å². The molecule has 36 heavy (non-hydrogen) atoms. The third kappa shape index (κ3) is 10.1. The van der Waals surface area contributed by atoms with E-state index in [0.29, 0.717) is 0 Å². The van der Waals surface area contributed by atoms with Gasteiger partial charge in [-0.1, -0.05) is 0 Å². The van der Waals surface area contributed by atoms with E-state index in [0.717, 1.165) is 44.1 Å². The topological polar surface area (TPSA) is 63.3 Å². The van der Waals surface area contributed by atoms with Gasteiger partial charge in [0.05, 0.1) is 0 Å². The lowest BCUT2D eigenvalue weighted by molar-refractivity contribution is 0.0449. The minimum Gasteiger partial charge on any atom is -0.444 e. The molecule has 0 atom stereocenters. The molecule has 0 spiro atoms. The van der Waals surface area contributed by atoms with Gasteiger partial charge in [-0.25, -0.2) is 4.79 Å². The predicted molar refractivity (Wildman–Crippen MR) is 149 cm³/mol. The van der Waals surface area contributed by atoms with Crippen LogP contribution in [-0.4, -0.2) is 129 Å². The molecule has 4 aliphatic heterocycles. The van der Waals surface area contributed by atoms with Crippen LogP contribution in [0.15, 0.2) is 0 Å². The summed E-state index contributed by atoms with van der Waals surface area (Å²) in [4.78, 5) is 22.0. The van der Waals surface area contributed by atoms with Gasteiger partial charge >= 0.3 is 6.09 Å². The number of amides is 1. The number of hydrogen-bond acceptors (Lipinski definition) is 7. The van der Waals surface area contributed by atoms with Gasteiger partial charge < -0.3 is 35.0 Å². The van der Waals surface area contributed by atoms with Gasteiger partial charge in [0, 0.05) is 37.3 Å². The van der Waals surface area contributed by atoms with Crippen LogP contribution in [0.25, 0.3) is 0 Å². The molecule has 0 aromatic carbocycles. The molecule has 1 amide bonds. The van der Waals surface area contributed by atoms with E-state index in [9.17, 15) is 4.79 Å². The molecule has 0 bridgehead atoms. The number of piperidine rings is 4. The molecule has 4 rings (SSSR count). The third-order valence-corrected chi connectivity index (χ3v) is 8.60. The number of likely N-dealkylation sites (tertiary alicyclic amines) is 4. The molecule has 2 N–H and O–H groups in total. The van der Waals surface area contributed by atoms with Crippen LogP contribution >= 0.6 is 0 Å². The molecule has 8 heteroatoms. The lowest BCUT2D eigenvalue weighted by Gasteiger charge is -2.41. The number of rotatable bonds is 4. The molecule has 0 aromatic heterocycles. The van der Waals surface area contributed by atoms with Crippen molar-refractivity contribution in [1.29, 1.82) is 0 Å². The molecule has 4 heterocycles. The van der Waals surface area contributed by atoms with Crippen molar-refractivity contribution >= 4 is 6.09 Å². The summed E-state index contributed by atoms with van der Waals surface area (Å²) in [6.07, 6.45) is 9.77. The summed E-state index contributed by atoms with van der Waals surface area (Å²) >= 11 is 0. The van der Waals surface area contributed by atoms with E-state index in [1.165, 1.54) is 77.8 Å². The van der Waals surface area contributed by atoms with Crippen molar-refractivity contribution in [3.05, 3.63) is 0 Å². The normalized spacial score (nSPS) is 25.8. The number of hydrogen-bond donors (Lipinski definition) is 2. The smallest absolute Gasteiger partial charge is 0.407 e. The van der Waals surface area contributed by atoms with Gasteiger partial charge in [0.2, 0.25) is 0 Å². The molecule has 0 radical (unpaired) electrons. The first-order valence-corrected chi connectivity index (χ1v) is 14.6. The lowest BCUT2D eigenvalue weighted by Crippen LogP contribution is -2.51. The highest BCUT2D eigenvalue weighted by Crippen LogP contribution is 2.22. The fraction of sp³-hybridized carbons (Fsp3) is 0.964. The Bertz CT molecular complexity index is 624. The Balaban J connectivity index is 0.000000212. The maximum atomic E-state index is 11.8. The highest BCUT2D eigenvalue weighted by Gasteiger charge is 2.29. The van der Waals surface area contributed by atoms with E-state index >= 15 is 0 Å². The van der Waals surface area contributed by atoms with Crippen molar-refractivity contribution in [3.8, 4) is 0 Å². The number of alkyl carbamates (subject to hydrolysis) is 1. The molecule has 0 saturated carbocycles. The predicted octanol–water partition coefficient (Wildman–Crippen LogP) is 2.83. The van der Waals surface area contributed by atoms with E-state index in [1.807, 2.05) is 20.8 Å². The van der Waals surface area contributed by atoms with Crippen LogP contribution < -0.4 is 10.6 Å². The average Bonchev–Trinajstić information content (AvgIpc) is 2.85. The fourth-order valence-electron chi connectivity index (χ4n) is 6.16. The highest BCUT2D eigenvalue weighted by molar-refractivity contribution is 5.68. The van der Waals surface area contributed by atoms with Gasteiger partial charge in [-0.15, -0.1) is 0 Å². The van der Waals surface area contributed by atoms with Crippen LogP contribution in [0, 0.1) is 0 Å². The fourth-order valence-corrected chi connectivity index (χ4v) is 6.16. The second-order valence-corrected chi connectivity index (χ2v) is 12.6. The van der Waals surface area contributed by atoms with Crippen LogP contribution in [0.5, 0.6) is 0 Å². The minimum atomic E-state index is -0.418. The Kier molecular flexibility index (Phi) is 11.8. The van der Waals surface area contributed by atoms with Crippen molar-refractivity contribution in [2.24, 2.45) is 0 Å². The molecular weight excluding hydrogens is 452 g/mol. The second-order valence-electron chi connectivity index (χ2n) is 12.6. The molecule has 8 nitrogen and oxygen atoms in total. The van der Waals surface area contributed by atoms with Crippen LogP contribution in [-0.2, 0) is 4.74 Å². The first kappa shape index (κ1) is 29.6. The second kappa shape index (κ2) is 14.3. The maximum absolute atomic E-state index is 11.8. The van der Waals surface area contributed by atoms with Crippen LogP contribution in [0.2, 0.25) is 0 Å². The first-order chi connectivity index (χ1) is 17.1. The van der Waals surface area contributed by atoms with Crippen LogP contribution in [0.3, 0.4) is 0 Å². The van der Waals surface area contributed by atoms with E-state index < -0.39 is 5.60 Å². The monoisotopic (exact) mass is 508 g/mol. The van der Waals surface area contributed by atoms with E-state index in [1.54, 1.807) is 0 Å². The molecule has 0 aromatic rings. The standard InChI is InChI=1S/C16H31N3O2.C12H25N3/c1-16(2,3)21-15(20)17-13-5-11-19(12-6-13)14-7-9-18(4)10-8-14;1-13-11-3-9-15(10-4-11)12-5-7-14(2)8-6-12/h13-14H,5-12H2,1-4H3,(H,17,20);11-13H,3-10H2,1-2H3. The van der Waals surface area contributed by atoms with Crippen LogP contribution in [0.4, 0.5) is 4.79 Å². The molecule has 0 aliphatic carbocycles. The summed E-state index contributed by atoms with van der Waals surface area (Å²) in [5.41, 5.74) is -0.418. The Morgan fingerprint density at radius 3 is 1.42 bits per heavy atom. The van der Waals surface area contributed by atoms with Crippen molar-refractivity contribution < 1.29 is 9.53 Å². The zero-order valence-electron chi connectivity index (χ0n) is 24.2. The molecule has 0 unspecified atom stereocenters. The van der Waals surface area contributed by atoms with Gasteiger partial charge in [0.1, 0.15) is 5.60 Å². The largest absolute Gasteiger partial charge is 0.444 e. The van der Waals surface area contributed by atoms with Gasteiger partial charge in [0.25, 0.3) is 0 Å². The first-order valence-electron chi connectivity index (χ1n) is 14.6. The van der Waals surface area contributed by atoms with Crippen molar-refractivity contribution in [1.82, 2.24) is 30.2 Å². The third-order valence-electron chi connectivity index (χ3n) is 8.60. The molecule has 4 aliphatic rings. The number of nitrogens with one attached hydrogen (secondary N) is 2. The zero-order chi connectivity index (χ0) is 26.1. The van der Waals surface area contributed by atoms with Crippen molar-refractivity contribution in [2.75, 3.05) is 73.5 Å². The number of nitrogens with zero attached hydrogens (tertiary/aromatic N) is 4. The number of ether oxygens (including phenoxy) is 1. The van der Waals surface area contributed by atoms with E-state index in [2.05, 4.69) is 51.4 Å². The summed E-state index contributed by atoms with van der Waals surface area (Å²) in [6, 6.07) is 2.65. The summed E-state index contributed by atoms with van der Waals surface area (Å²) in [5, 5.41) is 6.41. The summed E-state index contributed by atoms with van der Waals surface area (Å²) in [5.74, 6) is 0. The van der Waals surface area contributed by atoms with Gasteiger partial charge in [-0.05, 0) is 133 Å². The average molecular weight is 509 g/mol. The van der Waals surface area contributed by atoms with Crippen LogP contribution in [0.1, 0.15) is 72.1 Å². The van der Waals surface area contributed by atoms with Crippen molar-refractivity contribution in [2.45, 2.75) is 102 Å². The maximum Gasteiger partial charge on any atom is 0.407 e. The molecule has 4 saturated heterocycles. The minimum absolute atomic E-state index is 0.266. The van der Waals surface area contributed by atoms with Gasteiger partial charge in [-0.3, -0.25) is 0 Å². The highest BCUT2D eigenvalue weighted by atomic mass is 16.6. The Morgan fingerprint density at radius 1 is 0.667 bits per heavy atom. The molecule has 210 valence electrons. The Morgan fingerprint density at radius 2 is 1.06 bits per heavy atom.